The molecular weight excluding hydrogens is 298 g/mol. The smallest absolute Gasteiger partial charge is 0.239 e. The maximum absolute atomic E-state index is 12.4. The normalized spacial score (nSPS) is 17.4. The molecule has 2 aromatic rings. The van der Waals surface area contributed by atoms with Gasteiger partial charge in [0, 0.05) is 30.2 Å². The fourth-order valence-corrected chi connectivity index (χ4v) is 3.95. The second-order valence-corrected chi connectivity index (χ2v) is 6.93. The summed E-state index contributed by atoms with van der Waals surface area (Å²) in [7, 11) is 0. The monoisotopic (exact) mass is 327 g/mol. The summed E-state index contributed by atoms with van der Waals surface area (Å²) in [5.41, 5.74) is 10.1. The Morgan fingerprint density at radius 1 is 1.33 bits per heavy atom. The van der Waals surface area contributed by atoms with E-state index in [9.17, 15) is 4.79 Å². The summed E-state index contributed by atoms with van der Waals surface area (Å²) < 4.78 is 0. The van der Waals surface area contributed by atoms with E-state index in [4.69, 9.17) is 5.73 Å². The maximum Gasteiger partial charge on any atom is 0.239 e. The molecule has 0 bridgehead atoms. The minimum Gasteiger partial charge on any atom is -0.361 e. The zero-order valence-electron chi connectivity index (χ0n) is 14.8. The van der Waals surface area contributed by atoms with Crippen molar-refractivity contribution in [2.75, 3.05) is 13.1 Å². The molecule has 3 N–H and O–H groups in total. The number of amides is 1. The highest BCUT2D eigenvalue weighted by Gasteiger charge is 2.27. The SMILES string of the molecule is CCCC(N)C(=O)N1CCC(c2c[nH]c3c(CC)cccc23)CC1. The van der Waals surface area contributed by atoms with E-state index in [1.807, 2.05) is 4.90 Å². The van der Waals surface area contributed by atoms with Crippen LogP contribution in [-0.4, -0.2) is 34.9 Å². The zero-order chi connectivity index (χ0) is 17.1. The molecule has 0 radical (unpaired) electrons. The number of H-pyrrole nitrogens is 1. The van der Waals surface area contributed by atoms with E-state index < -0.39 is 0 Å². The topological polar surface area (TPSA) is 62.1 Å². The summed E-state index contributed by atoms with van der Waals surface area (Å²) in [5.74, 6) is 0.653. The Kier molecular flexibility index (Phi) is 5.24. The predicted molar refractivity (Wildman–Crippen MR) is 99.1 cm³/mol. The van der Waals surface area contributed by atoms with E-state index in [0.29, 0.717) is 5.92 Å². The summed E-state index contributed by atoms with van der Waals surface area (Å²) in [6.45, 7) is 5.90. The van der Waals surface area contributed by atoms with E-state index in [1.165, 1.54) is 22.0 Å². The van der Waals surface area contributed by atoms with E-state index in [-0.39, 0.29) is 11.9 Å². The number of aromatic amines is 1. The Morgan fingerprint density at radius 3 is 2.75 bits per heavy atom. The molecule has 0 saturated carbocycles. The third-order valence-electron chi connectivity index (χ3n) is 5.38. The van der Waals surface area contributed by atoms with Gasteiger partial charge >= 0.3 is 0 Å². The predicted octanol–water partition coefficient (Wildman–Crippen LogP) is 3.56. The van der Waals surface area contributed by atoms with E-state index in [1.54, 1.807) is 0 Å². The van der Waals surface area contributed by atoms with Crippen molar-refractivity contribution in [3.05, 3.63) is 35.5 Å². The molecule has 1 saturated heterocycles. The number of hydrogen-bond donors (Lipinski definition) is 2. The molecule has 1 aliphatic rings. The minimum atomic E-state index is -0.327. The Bertz CT molecular complexity index is 698. The lowest BCUT2D eigenvalue weighted by molar-refractivity contribution is -0.133. The summed E-state index contributed by atoms with van der Waals surface area (Å²) in [4.78, 5) is 17.8. The Hall–Kier alpha value is -1.81. The highest BCUT2D eigenvalue weighted by molar-refractivity contribution is 5.86. The largest absolute Gasteiger partial charge is 0.361 e. The van der Waals surface area contributed by atoms with Crippen molar-refractivity contribution in [2.24, 2.45) is 5.73 Å². The van der Waals surface area contributed by atoms with Crippen molar-refractivity contribution in [1.29, 1.82) is 0 Å². The Labute approximate surface area is 144 Å². The summed E-state index contributed by atoms with van der Waals surface area (Å²) in [6, 6.07) is 6.24. The van der Waals surface area contributed by atoms with Gasteiger partial charge in [-0.05, 0) is 42.7 Å². The molecule has 3 rings (SSSR count). The molecule has 1 atom stereocenters. The molecule has 1 aliphatic heterocycles. The van der Waals surface area contributed by atoms with Gasteiger partial charge in [-0.2, -0.15) is 0 Å². The van der Waals surface area contributed by atoms with Gasteiger partial charge in [-0.15, -0.1) is 0 Å². The van der Waals surface area contributed by atoms with Crippen LogP contribution >= 0.6 is 0 Å². The quantitative estimate of drug-likeness (QED) is 0.882. The molecule has 24 heavy (non-hydrogen) atoms. The third-order valence-corrected chi connectivity index (χ3v) is 5.38. The molecule has 1 aromatic heterocycles. The number of likely N-dealkylation sites (tertiary alicyclic amines) is 1. The molecule has 1 aromatic carbocycles. The molecule has 2 heterocycles. The average molecular weight is 327 g/mol. The van der Waals surface area contributed by atoms with Crippen molar-refractivity contribution in [3.8, 4) is 0 Å². The number of rotatable bonds is 5. The van der Waals surface area contributed by atoms with E-state index in [2.05, 4.69) is 43.2 Å². The van der Waals surface area contributed by atoms with Crippen LogP contribution < -0.4 is 5.73 Å². The highest BCUT2D eigenvalue weighted by atomic mass is 16.2. The van der Waals surface area contributed by atoms with Gasteiger partial charge in [0.15, 0.2) is 0 Å². The number of benzene rings is 1. The van der Waals surface area contributed by atoms with Crippen molar-refractivity contribution >= 4 is 16.8 Å². The number of para-hydroxylation sites is 1. The van der Waals surface area contributed by atoms with Gasteiger partial charge in [-0.1, -0.05) is 38.5 Å². The van der Waals surface area contributed by atoms with Gasteiger partial charge in [0.25, 0.3) is 0 Å². The van der Waals surface area contributed by atoms with Gasteiger partial charge in [-0.3, -0.25) is 4.79 Å². The van der Waals surface area contributed by atoms with Crippen LogP contribution in [0.4, 0.5) is 0 Å². The number of carbonyl (C=O) groups excluding carboxylic acids is 1. The number of nitrogens with two attached hydrogens (primary N) is 1. The van der Waals surface area contributed by atoms with Crippen LogP contribution in [0.1, 0.15) is 56.6 Å². The van der Waals surface area contributed by atoms with E-state index in [0.717, 1.165) is 45.2 Å². The Morgan fingerprint density at radius 2 is 2.08 bits per heavy atom. The molecule has 0 aliphatic carbocycles. The number of aryl methyl sites for hydroxylation is 1. The van der Waals surface area contributed by atoms with Crippen molar-refractivity contribution in [3.63, 3.8) is 0 Å². The minimum absolute atomic E-state index is 0.127. The molecule has 4 nitrogen and oxygen atoms in total. The number of carbonyl (C=O) groups is 1. The zero-order valence-corrected chi connectivity index (χ0v) is 14.8. The lowest BCUT2D eigenvalue weighted by atomic mass is 9.88. The molecule has 0 spiro atoms. The van der Waals surface area contributed by atoms with Crippen LogP contribution in [0.2, 0.25) is 0 Å². The standard InChI is InChI=1S/C20H29N3O/c1-3-6-18(21)20(24)23-11-9-15(10-12-23)17-13-22-19-14(4-2)7-5-8-16(17)19/h5,7-8,13,15,18,22H,3-4,6,9-12,21H2,1-2H3. The number of aromatic nitrogens is 1. The maximum atomic E-state index is 12.4. The first-order chi connectivity index (χ1) is 11.7. The summed E-state index contributed by atoms with van der Waals surface area (Å²) >= 11 is 0. The number of piperidine rings is 1. The van der Waals surface area contributed by atoms with Crippen LogP contribution in [-0.2, 0) is 11.2 Å². The molecule has 1 unspecified atom stereocenters. The first-order valence-corrected chi connectivity index (χ1v) is 9.28. The van der Waals surface area contributed by atoms with Gasteiger partial charge in [-0.25, -0.2) is 0 Å². The fourth-order valence-electron chi connectivity index (χ4n) is 3.95. The third kappa shape index (κ3) is 3.20. The van der Waals surface area contributed by atoms with Crippen LogP contribution in [0.5, 0.6) is 0 Å². The van der Waals surface area contributed by atoms with Crippen molar-refractivity contribution < 1.29 is 4.79 Å². The molecular formula is C20H29N3O. The summed E-state index contributed by atoms with van der Waals surface area (Å²) in [6.07, 6.45) is 7.00. The second kappa shape index (κ2) is 7.39. The Balaban J connectivity index is 1.70. The van der Waals surface area contributed by atoms with Crippen LogP contribution in [0.3, 0.4) is 0 Å². The van der Waals surface area contributed by atoms with Gasteiger partial charge in [0.1, 0.15) is 0 Å². The number of hydrogen-bond acceptors (Lipinski definition) is 2. The van der Waals surface area contributed by atoms with Crippen LogP contribution in [0.15, 0.2) is 24.4 Å². The number of nitrogens with one attached hydrogen (secondary N) is 1. The van der Waals surface area contributed by atoms with Crippen molar-refractivity contribution in [2.45, 2.75) is 57.9 Å². The molecule has 1 fully saturated rings. The molecule has 130 valence electrons. The lowest BCUT2D eigenvalue weighted by Gasteiger charge is -2.33. The lowest BCUT2D eigenvalue weighted by Crippen LogP contribution is -2.46. The van der Waals surface area contributed by atoms with Crippen LogP contribution in [0.25, 0.3) is 10.9 Å². The van der Waals surface area contributed by atoms with Crippen molar-refractivity contribution in [1.82, 2.24) is 9.88 Å². The molecule has 4 heteroatoms. The number of nitrogens with zero attached hydrogens (tertiary/aromatic N) is 1. The van der Waals surface area contributed by atoms with Gasteiger partial charge in [0.05, 0.1) is 6.04 Å². The summed E-state index contributed by atoms with van der Waals surface area (Å²) in [5, 5.41) is 1.35. The number of fused-ring (bicyclic) bond motifs is 1. The first kappa shape index (κ1) is 17.0. The molecule has 1 amide bonds. The van der Waals surface area contributed by atoms with Crippen LogP contribution in [0, 0.1) is 0 Å². The van der Waals surface area contributed by atoms with Gasteiger partial charge < -0.3 is 15.6 Å². The highest BCUT2D eigenvalue weighted by Crippen LogP contribution is 2.34. The fraction of sp³-hybridized carbons (Fsp3) is 0.550. The van der Waals surface area contributed by atoms with E-state index >= 15 is 0 Å². The second-order valence-electron chi connectivity index (χ2n) is 6.93. The van der Waals surface area contributed by atoms with Gasteiger partial charge in [0.2, 0.25) is 5.91 Å². The average Bonchev–Trinajstić information content (AvgIpc) is 3.05. The first-order valence-electron chi connectivity index (χ1n) is 9.28.